The van der Waals surface area contributed by atoms with Crippen LogP contribution in [0.1, 0.15) is 42.2 Å². The van der Waals surface area contributed by atoms with Crippen LogP contribution in [0.15, 0.2) is 42.5 Å². The number of hydrogen-bond donors (Lipinski definition) is 1. The zero-order chi connectivity index (χ0) is 27.5. The number of likely N-dealkylation sites (N-methyl/N-ethyl adjacent to an activating group) is 1. The molecule has 2 aliphatic rings. The number of hydrogen-bond acceptors (Lipinski definition) is 6. The predicted molar refractivity (Wildman–Crippen MR) is 144 cm³/mol. The van der Waals surface area contributed by atoms with Crippen molar-refractivity contribution in [2.45, 2.75) is 38.3 Å². The Morgan fingerprint density at radius 2 is 1.97 bits per heavy atom. The molecule has 2 aromatic carbocycles. The number of carbonyl (C=O) groups excluding carboxylic acids is 1. The summed E-state index contributed by atoms with van der Waals surface area (Å²) in [5.74, 6) is -1.48. The lowest BCUT2D eigenvalue weighted by Gasteiger charge is -2.32. The molecule has 1 aromatic heterocycles. The van der Waals surface area contributed by atoms with E-state index in [9.17, 15) is 9.18 Å². The molecule has 39 heavy (non-hydrogen) atoms. The van der Waals surface area contributed by atoms with Crippen molar-refractivity contribution in [1.29, 1.82) is 5.26 Å². The Balaban J connectivity index is 1.52. The molecule has 2 atom stereocenters. The average Bonchev–Trinajstić information content (AvgIpc) is 3.61. The summed E-state index contributed by atoms with van der Waals surface area (Å²) in [5.41, 5.74) is 1.66. The van der Waals surface area contributed by atoms with Gasteiger partial charge >= 0.3 is 0 Å². The summed E-state index contributed by atoms with van der Waals surface area (Å²) in [6, 6.07) is 12.6. The molecule has 5 rings (SSSR count). The molecule has 1 amide bonds. The van der Waals surface area contributed by atoms with E-state index >= 15 is 4.39 Å². The molecule has 0 bridgehead atoms. The fourth-order valence-corrected chi connectivity index (χ4v) is 5.40. The molecule has 204 valence electrons. The molecule has 10 heteroatoms. The molecule has 1 N–H and O–H groups in total. The highest BCUT2D eigenvalue weighted by Gasteiger charge is 2.28. The first-order chi connectivity index (χ1) is 18.9. The maximum Gasteiger partial charge on any atom is 0.274 e. The molecule has 2 unspecified atom stereocenters. The van der Waals surface area contributed by atoms with Crippen LogP contribution in [0.5, 0.6) is 0 Å². The Hall–Kier alpha value is -3.81. The van der Waals surface area contributed by atoms with E-state index in [-0.39, 0.29) is 35.0 Å². The quantitative estimate of drug-likeness (QED) is 0.491. The van der Waals surface area contributed by atoms with Gasteiger partial charge in [-0.3, -0.25) is 4.79 Å². The second-order valence-corrected chi connectivity index (χ2v) is 9.96. The number of piperidine rings is 1. The smallest absolute Gasteiger partial charge is 0.274 e. The van der Waals surface area contributed by atoms with Crippen LogP contribution in [-0.4, -0.2) is 72.6 Å². The summed E-state index contributed by atoms with van der Waals surface area (Å²) in [7, 11) is 1.87. The van der Waals surface area contributed by atoms with E-state index in [1.54, 1.807) is 23.1 Å². The monoisotopic (exact) mass is 534 g/mol. The van der Waals surface area contributed by atoms with Crippen molar-refractivity contribution in [3.05, 3.63) is 65.4 Å². The van der Waals surface area contributed by atoms with E-state index in [4.69, 9.17) is 10.00 Å². The predicted octanol–water partition coefficient (Wildman–Crippen LogP) is 4.13. The normalized spacial score (nSPS) is 19.4. The summed E-state index contributed by atoms with van der Waals surface area (Å²) in [6.07, 6.45) is 2.83. The zero-order valence-electron chi connectivity index (χ0n) is 22.2. The molecule has 2 aliphatic heterocycles. The summed E-state index contributed by atoms with van der Waals surface area (Å²) < 4.78 is 37.3. The number of aromatic nitrogens is 2. The third-order valence-electron chi connectivity index (χ3n) is 7.50. The number of halogens is 2. The van der Waals surface area contributed by atoms with Crippen LogP contribution < -0.4 is 10.2 Å². The number of nitrogens with one attached hydrogen (secondary N) is 1. The van der Waals surface area contributed by atoms with Gasteiger partial charge in [0.15, 0.2) is 11.5 Å². The second-order valence-electron chi connectivity index (χ2n) is 9.96. The molecule has 3 heterocycles. The van der Waals surface area contributed by atoms with Gasteiger partial charge in [0.25, 0.3) is 5.91 Å². The van der Waals surface area contributed by atoms with E-state index in [0.717, 1.165) is 31.5 Å². The van der Waals surface area contributed by atoms with E-state index in [0.29, 0.717) is 37.5 Å². The number of carbonyl (C=O) groups is 1. The van der Waals surface area contributed by atoms with Gasteiger partial charge in [0, 0.05) is 50.1 Å². The number of likely N-dealkylation sites (tertiary alicyclic amines) is 1. The lowest BCUT2D eigenvalue weighted by Crippen LogP contribution is -2.47. The minimum Gasteiger partial charge on any atom is -0.377 e. The Bertz CT molecular complexity index is 1400. The Morgan fingerprint density at radius 1 is 1.13 bits per heavy atom. The van der Waals surface area contributed by atoms with Crippen molar-refractivity contribution >= 4 is 11.6 Å². The molecule has 0 spiro atoms. The van der Waals surface area contributed by atoms with Crippen LogP contribution in [-0.2, 0) is 4.74 Å². The Kier molecular flexibility index (Phi) is 7.91. The molecule has 8 nitrogen and oxygen atoms in total. The highest BCUT2D eigenvalue weighted by atomic mass is 19.1. The van der Waals surface area contributed by atoms with Crippen LogP contribution >= 0.6 is 0 Å². The maximum atomic E-state index is 15.7. The van der Waals surface area contributed by atoms with Gasteiger partial charge in [0.1, 0.15) is 17.6 Å². The van der Waals surface area contributed by atoms with Crippen LogP contribution in [0.2, 0.25) is 0 Å². The summed E-state index contributed by atoms with van der Waals surface area (Å²) >= 11 is 0. The van der Waals surface area contributed by atoms with Crippen molar-refractivity contribution in [1.82, 2.24) is 20.0 Å². The molecule has 2 fully saturated rings. The van der Waals surface area contributed by atoms with Gasteiger partial charge in [-0.2, -0.15) is 10.4 Å². The van der Waals surface area contributed by atoms with Crippen LogP contribution in [0.3, 0.4) is 0 Å². The Morgan fingerprint density at radius 3 is 2.69 bits per heavy atom. The second kappa shape index (κ2) is 11.5. The van der Waals surface area contributed by atoms with Gasteiger partial charge < -0.3 is 19.9 Å². The third-order valence-corrected chi connectivity index (χ3v) is 7.50. The van der Waals surface area contributed by atoms with Crippen molar-refractivity contribution in [3.63, 3.8) is 0 Å². The first-order valence-corrected chi connectivity index (χ1v) is 13.3. The van der Waals surface area contributed by atoms with Gasteiger partial charge in [-0.05, 0) is 69.6 Å². The summed E-state index contributed by atoms with van der Waals surface area (Å²) in [4.78, 5) is 17.3. The van der Waals surface area contributed by atoms with Crippen molar-refractivity contribution in [3.8, 4) is 23.0 Å². The number of anilines is 1. The number of benzene rings is 2. The molecule has 0 aliphatic carbocycles. The highest BCUT2D eigenvalue weighted by molar-refractivity contribution is 5.94. The van der Waals surface area contributed by atoms with Gasteiger partial charge in [-0.15, -0.1) is 0 Å². The van der Waals surface area contributed by atoms with Crippen LogP contribution in [0.4, 0.5) is 14.5 Å². The third kappa shape index (κ3) is 5.51. The first-order valence-electron chi connectivity index (χ1n) is 13.3. The van der Waals surface area contributed by atoms with Gasteiger partial charge in [0.2, 0.25) is 0 Å². The summed E-state index contributed by atoms with van der Waals surface area (Å²) in [6.45, 7) is 5.20. The fraction of sp³-hybridized carbons (Fsp3) is 0.414. The zero-order valence-corrected chi connectivity index (χ0v) is 22.2. The molecular formula is C29H32F2N6O2. The summed E-state index contributed by atoms with van der Waals surface area (Å²) in [5, 5.41) is 16.9. The van der Waals surface area contributed by atoms with Gasteiger partial charge in [-0.1, -0.05) is 6.07 Å². The number of rotatable bonds is 7. The van der Waals surface area contributed by atoms with Crippen molar-refractivity contribution < 1.29 is 18.3 Å². The molecular weight excluding hydrogens is 502 g/mol. The first kappa shape index (κ1) is 26.8. The standard InChI is InChI=1S/C29H32F2N6O2/c1-3-39-23-10-12-35(18-23)22-8-9-27(25(31)14-22)37-28(19-6-7-20(16-32)24(30)13-19)15-26(34-37)29(38)36-11-4-5-21(17-36)33-2/h6-9,13-15,21,23,33H,3-5,10-12,17-18H2,1-2H3. The number of nitrogens with zero attached hydrogens (tertiary/aromatic N) is 5. The van der Waals surface area contributed by atoms with Crippen LogP contribution in [0.25, 0.3) is 16.9 Å². The van der Waals surface area contributed by atoms with E-state index in [1.807, 2.05) is 26.1 Å². The molecule has 2 saturated heterocycles. The lowest BCUT2D eigenvalue weighted by molar-refractivity contribution is 0.0691. The van der Waals surface area contributed by atoms with E-state index in [2.05, 4.69) is 15.3 Å². The topological polar surface area (TPSA) is 86.4 Å². The minimum atomic E-state index is -0.697. The molecule has 0 radical (unpaired) electrons. The number of ether oxygens (including phenoxy) is 1. The van der Waals surface area contributed by atoms with Gasteiger partial charge in [-0.25, -0.2) is 13.5 Å². The highest BCUT2D eigenvalue weighted by Crippen LogP contribution is 2.30. The minimum absolute atomic E-state index is 0.0981. The van der Waals surface area contributed by atoms with Crippen molar-refractivity contribution in [2.75, 3.05) is 44.7 Å². The Labute approximate surface area is 226 Å². The SMILES string of the molecule is CCOC1CCN(c2ccc(-n3nc(C(=O)N4CCCC(NC)C4)cc3-c3ccc(C#N)c(F)c3)c(F)c2)C1. The number of nitriles is 1. The van der Waals surface area contributed by atoms with E-state index < -0.39 is 11.6 Å². The molecule has 3 aromatic rings. The van der Waals surface area contributed by atoms with Crippen LogP contribution in [0, 0.1) is 23.0 Å². The molecule has 0 saturated carbocycles. The largest absolute Gasteiger partial charge is 0.377 e. The average molecular weight is 535 g/mol. The fourth-order valence-electron chi connectivity index (χ4n) is 5.40. The number of amides is 1. The van der Waals surface area contributed by atoms with Gasteiger partial charge in [0.05, 0.1) is 17.4 Å². The van der Waals surface area contributed by atoms with E-state index in [1.165, 1.54) is 22.9 Å². The van der Waals surface area contributed by atoms with Crippen molar-refractivity contribution in [2.24, 2.45) is 0 Å². The maximum absolute atomic E-state index is 15.7. The lowest BCUT2D eigenvalue weighted by atomic mass is 10.1.